The van der Waals surface area contributed by atoms with Gasteiger partial charge in [-0.25, -0.2) is 8.42 Å². The van der Waals surface area contributed by atoms with Crippen LogP contribution < -0.4 is 10.0 Å². The van der Waals surface area contributed by atoms with Gasteiger partial charge in [-0.3, -0.25) is 14.4 Å². The van der Waals surface area contributed by atoms with E-state index in [0.29, 0.717) is 24.3 Å². The molecule has 1 atom stereocenters. The van der Waals surface area contributed by atoms with Crippen molar-refractivity contribution >= 4 is 33.5 Å². The Morgan fingerprint density at radius 3 is 2.28 bits per heavy atom. The Morgan fingerprint density at radius 2 is 1.66 bits per heavy atom. The van der Waals surface area contributed by atoms with Gasteiger partial charge in [-0.2, -0.15) is 4.72 Å². The highest BCUT2D eigenvalue weighted by atomic mass is 32.2. The first-order valence-electron chi connectivity index (χ1n) is 10.1. The van der Waals surface area contributed by atoms with Crippen molar-refractivity contribution in [3.05, 3.63) is 60.2 Å². The first kappa shape index (κ1) is 25.0. The van der Waals surface area contributed by atoms with E-state index in [9.17, 15) is 22.8 Å². The van der Waals surface area contributed by atoms with E-state index >= 15 is 0 Å². The lowest BCUT2D eigenvalue weighted by molar-refractivity contribution is -0.148. The maximum absolute atomic E-state index is 12.4. The monoisotopic (exact) mass is 461 g/mol. The summed E-state index contributed by atoms with van der Waals surface area (Å²) in [5.41, 5.74) is 0.800. The number of anilines is 1. The molecule has 0 bridgehead atoms. The van der Waals surface area contributed by atoms with Crippen molar-refractivity contribution in [2.75, 3.05) is 25.0 Å². The van der Waals surface area contributed by atoms with E-state index in [2.05, 4.69) is 10.0 Å². The number of hydrogen-bond acceptors (Lipinski definition) is 6. The summed E-state index contributed by atoms with van der Waals surface area (Å²) in [5.74, 6) is -1.67. The van der Waals surface area contributed by atoms with Crippen molar-refractivity contribution in [2.24, 2.45) is 0 Å². The summed E-state index contributed by atoms with van der Waals surface area (Å²) in [5, 5.41) is 2.55. The number of benzene rings is 2. The maximum Gasteiger partial charge on any atom is 0.324 e. The van der Waals surface area contributed by atoms with Crippen LogP contribution in [0.3, 0.4) is 0 Å². The molecule has 2 aromatic rings. The van der Waals surface area contributed by atoms with E-state index in [4.69, 9.17) is 4.74 Å². The van der Waals surface area contributed by atoms with Crippen LogP contribution in [0.15, 0.2) is 59.5 Å². The molecular formula is C22H27N3O6S. The van der Waals surface area contributed by atoms with Crippen LogP contribution in [0.4, 0.5) is 5.69 Å². The van der Waals surface area contributed by atoms with Crippen molar-refractivity contribution in [1.29, 1.82) is 0 Å². The molecule has 2 aromatic carbocycles. The van der Waals surface area contributed by atoms with Crippen molar-refractivity contribution < 1.29 is 27.5 Å². The van der Waals surface area contributed by atoms with Gasteiger partial charge in [-0.05, 0) is 51.1 Å². The summed E-state index contributed by atoms with van der Waals surface area (Å²) in [4.78, 5) is 38.4. The van der Waals surface area contributed by atoms with Crippen LogP contribution in [0.5, 0.6) is 0 Å². The highest BCUT2D eigenvalue weighted by molar-refractivity contribution is 7.89. The summed E-state index contributed by atoms with van der Waals surface area (Å²) in [6, 6.07) is 12.8. The van der Waals surface area contributed by atoms with E-state index in [1.54, 1.807) is 41.3 Å². The summed E-state index contributed by atoms with van der Waals surface area (Å²) in [7, 11) is -3.90. The summed E-state index contributed by atoms with van der Waals surface area (Å²) in [6.07, 6.45) is 0. The van der Waals surface area contributed by atoms with Gasteiger partial charge in [0.25, 0.3) is 11.8 Å². The Hall–Kier alpha value is -3.24. The van der Waals surface area contributed by atoms with Crippen molar-refractivity contribution in [1.82, 2.24) is 9.62 Å². The number of hydrogen-bond donors (Lipinski definition) is 2. The third-order valence-corrected chi connectivity index (χ3v) is 6.09. The van der Waals surface area contributed by atoms with Crippen LogP contribution in [0.1, 0.15) is 31.1 Å². The van der Waals surface area contributed by atoms with Crippen LogP contribution >= 0.6 is 0 Å². The van der Waals surface area contributed by atoms with E-state index in [1.165, 1.54) is 25.1 Å². The molecule has 2 amide bonds. The predicted molar refractivity (Wildman–Crippen MR) is 120 cm³/mol. The second kappa shape index (κ2) is 11.4. The second-order valence-electron chi connectivity index (χ2n) is 6.87. The zero-order valence-electron chi connectivity index (χ0n) is 18.2. The highest BCUT2D eigenvalue weighted by Gasteiger charge is 2.23. The molecule has 0 spiro atoms. The molecule has 0 heterocycles. The SMILES string of the molecule is CCN(CC)C(=O)c1cccc(NC(=O)COC(=O)[C@H](C)NS(=O)(=O)c2ccccc2)c1. The molecule has 9 nitrogen and oxygen atoms in total. The lowest BCUT2D eigenvalue weighted by atomic mass is 10.1. The Kier molecular flexibility index (Phi) is 8.91. The second-order valence-corrected chi connectivity index (χ2v) is 8.58. The number of sulfonamides is 1. The fourth-order valence-corrected chi connectivity index (χ4v) is 4.04. The lowest BCUT2D eigenvalue weighted by Crippen LogP contribution is -2.40. The highest BCUT2D eigenvalue weighted by Crippen LogP contribution is 2.13. The van der Waals surface area contributed by atoms with Gasteiger partial charge in [0.15, 0.2) is 6.61 Å². The average Bonchev–Trinajstić information content (AvgIpc) is 2.78. The van der Waals surface area contributed by atoms with Crippen LogP contribution in [-0.4, -0.2) is 56.8 Å². The fraction of sp³-hybridized carbons (Fsp3) is 0.318. The van der Waals surface area contributed by atoms with Crippen molar-refractivity contribution in [3.8, 4) is 0 Å². The van der Waals surface area contributed by atoms with E-state index < -0.39 is 34.5 Å². The fourth-order valence-electron chi connectivity index (χ4n) is 2.83. The van der Waals surface area contributed by atoms with Crippen molar-refractivity contribution in [2.45, 2.75) is 31.7 Å². The summed E-state index contributed by atoms with van der Waals surface area (Å²) in [6.45, 7) is 5.60. The summed E-state index contributed by atoms with van der Waals surface area (Å²) >= 11 is 0. The summed E-state index contributed by atoms with van der Waals surface area (Å²) < 4.78 is 31.7. The molecule has 0 saturated heterocycles. The van der Waals surface area contributed by atoms with E-state index in [1.807, 2.05) is 13.8 Å². The first-order chi connectivity index (χ1) is 15.2. The van der Waals surface area contributed by atoms with Crippen LogP contribution in [0.2, 0.25) is 0 Å². The number of amides is 2. The molecule has 2 N–H and O–H groups in total. The molecule has 0 aromatic heterocycles. The van der Waals surface area contributed by atoms with Gasteiger partial charge in [0.05, 0.1) is 4.90 Å². The van der Waals surface area contributed by atoms with Crippen molar-refractivity contribution in [3.63, 3.8) is 0 Å². The van der Waals surface area contributed by atoms with Gasteiger partial charge in [0.2, 0.25) is 10.0 Å². The van der Waals surface area contributed by atoms with E-state index in [-0.39, 0.29) is 10.8 Å². The Labute approximate surface area is 187 Å². The van der Waals surface area contributed by atoms with Crippen LogP contribution in [0, 0.1) is 0 Å². The Morgan fingerprint density at radius 1 is 1.00 bits per heavy atom. The predicted octanol–water partition coefficient (Wildman–Crippen LogP) is 2.02. The zero-order valence-corrected chi connectivity index (χ0v) is 19.0. The molecule has 0 saturated carbocycles. The molecule has 0 aliphatic heterocycles. The molecule has 32 heavy (non-hydrogen) atoms. The largest absolute Gasteiger partial charge is 0.454 e. The molecule has 172 valence electrons. The van der Waals surface area contributed by atoms with Gasteiger partial charge < -0.3 is 15.0 Å². The standard InChI is InChI=1S/C22H27N3O6S/c1-4-25(5-2)21(27)17-10-9-11-18(14-17)23-20(26)15-31-22(28)16(3)24-32(29,30)19-12-7-6-8-13-19/h6-14,16,24H,4-5,15H2,1-3H3,(H,23,26)/t16-/m0/s1. The third kappa shape index (κ3) is 6.89. The molecular weight excluding hydrogens is 434 g/mol. The Balaban J connectivity index is 1.90. The number of nitrogens with zero attached hydrogens (tertiary/aromatic N) is 1. The zero-order chi connectivity index (χ0) is 23.7. The molecule has 0 radical (unpaired) electrons. The number of nitrogens with one attached hydrogen (secondary N) is 2. The molecule has 0 unspecified atom stereocenters. The number of ether oxygens (including phenoxy) is 1. The minimum atomic E-state index is -3.90. The molecule has 10 heteroatoms. The minimum Gasteiger partial charge on any atom is -0.454 e. The molecule has 0 aliphatic carbocycles. The number of rotatable bonds is 10. The van der Waals surface area contributed by atoms with Gasteiger partial charge in [-0.15, -0.1) is 0 Å². The topological polar surface area (TPSA) is 122 Å². The maximum atomic E-state index is 12.4. The van der Waals surface area contributed by atoms with Crippen LogP contribution in [-0.2, 0) is 24.3 Å². The lowest BCUT2D eigenvalue weighted by Gasteiger charge is -2.19. The van der Waals surface area contributed by atoms with E-state index in [0.717, 1.165) is 0 Å². The van der Waals surface area contributed by atoms with Gasteiger partial charge in [-0.1, -0.05) is 24.3 Å². The number of carbonyl (C=O) groups is 3. The normalized spacial score (nSPS) is 12.0. The Bertz CT molecular complexity index is 1050. The average molecular weight is 462 g/mol. The van der Waals surface area contributed by atoms with Gasteiger partial charge >= 0.3 is 5.97 Å². The molecule has 0 fully saturated rings. The minimum absolute atomic E-state index is 0.0107. The third-order valence-electron chi connectivity index (χ3n) is 4.53. The van der Waals surface area contributed by atoms with Crippen LogP contribution in [0.25, 0.3) is 0 Å². The van der Waals surface area contributed by atoms with Gasteiger partial charge in [0.1, 0.15) is 6.04 Å². The molecule has 0 aliphatic rings. The molecule has 2 rings (SSSR count). The number of esters is 1. The first-order valence-corrected chi connectivity index (χ1v) is 11.6. The van der Waals surface area contributed by atoms with Gasteiger partial charge in [0, 0.05) is 24.3 Å². The number of carbonyl (C=O) groups excluding carboxylic acids is 3. The smallest absolute Gasteiger partial charge is 0.324 e. The quantitative estimate of drug-likeness (QED) is 0.522.